The topological polar surface area (TPSA) is 59.6 Å². The Morgan fingerprint density at radius 3 is 2.80 bits per heavy atom. The van der Waals surface area contributed by atoms with Crippen molar-refractivity contribution in [3.63, 3.8) is 0 Å². The molecule has 0 radical (unpaired) electrons. The van der Waals surface area contributed by atoms with Crippen LogP contribution in [-0.4, -0.2) is 39.8 Å². The Labute approximate surface area is 118 Å². The minimum Gasteiger partial charge on any atom is -0.484 e. The van der Waals surface area contributed by atoms with Crippen molar-refractivity contribution in [3.05, 3.63) is 29.6 Å². The van der Waals surface area contributed by atoms with Crippen LogP contribution < -0.4 is 15.4 Å². The van der Waals surface area contributed by atoms with Gasteiger partial charge in [0.05, 0.1) is 6.61 Å². The van der Waals surface area contributed by atoms with Crippen LogP contribution in [0.1, 0.15) is 18.5 Å². The van der Waals surface area contributed by atoms with Gasteiger partial charge in [-0.2, -0.15) is 0 Å². The molecule has 0 aromatic heterocycles. The molecule has 0 aliphatic rings. The highest BCUT2D eigenvalue weighted by molar-refractivity contribution is 5.77. The summed E-state index contributed by atoms with van der Waals surface area (Å²) in [7, 11) is 3.32. The third-order valence-electron chi connectivity index (χ3n) is 2.87. The highest BCUT2D eigenvalue weighted by Gasteiger charge is 2.10. The monoisotopic (exact) mass is 284 g/mol. The van der Waals surface area contributed by atoms with Crippen LogP contribution in [0.25, 0.3) is 0 Å². The second kappa shape index (κ2) is 8.50. The van der Waals surface area contributed by atoms with Gasteiger partial charge in [-0.3, -0.25) is 4.79 Å². The highest BCUT2D eigenvalue weighted by Crippen LogP contribution is 2.21. The van der Waals surface area contributed by atoms with Gasteiger partial charge in [0.2, 0.25) is 0 Å². The normalized spacial score (nSPS) is 12.0. The number of hydrogen-bond acceptors (Lipinski definition) is 4. The van der Waals surface area contributed by atoms with Crippen LogP contribution >= 0.6 is 0 Å². The standard InChI is InChI=1S/C14H21FN2O3/c1-10(16-2)12-5-4-11(8-13(12)15)20-9-14(18)17-6-7-19-3/h4-5,8,10,16H,6-7,9H2,1-3H3,(H,17,18). The van der Waals surface area contributed by atoms with Gasteiger partial charge < -0.3 is 20.1 Å². The minimum absolute atomic E-state index is 0.0820. The zero-order valence-corrected chi connectivity index (χ0v) is 12.0. The van der Waals surface area contributed by atoms with Crippen LogP contribution in [-0.2, 0) is 9.53 Å². The summed E-state index contributed by atoms with van der Waals surface area (Å²) in [4.78, 5) is 11.4. The Kier molecular flexibility index (Phi) is 6.97. The molecule has 1 amide bonds. The molecule has 0 saturated carbocycles. The maximum atomic E-state index is 13.8. The number of carbonyl (C=O) groups is 1. The number of hydrogen-bond donors (Lipinski definition) is 2. The molecule has 1 unspecified atom stereocenters. The van der Waals surface area contributed by atoms with Crippen molar-refractivity contribution in [2.45, 2.75) is 13.0 Å². The number of benzene rings is 1. The van der Waals surface area contributed by atoms with Crippen molar-refractivity contribution in [2.24, 2.45) is 0 Å². The first kappa shape index (κ1) is 16.4. The minimum atomic E-state index is -0.357. The van der Waals surface area contributed by atoms with Crippen molar-refractivity contribution >= 4 is 5.91 Å². The first-order valence-electron chi connectivity index (χ1n) is 6.43. The molecule has 2 N–H and O–H groups in total. The van der Waals surface area contributed by atoms with Crippen molar-refractivity contribution in [2.75, 3.05) is 33.9 Å². The molecule has 5 nitrogen and oxygen atoms in total. The summed E-state index contributed by atoms with van der Waals surface area (Å²) in [6, 6.07) is 4.50. The van der Waals surface area contributed by atoms with Crippen LogP contribution in [0.4, 0.5) is 4.39 Å². The quantitative estimate of drug-likeness (QED) is 0.705. The van der Waals surface area contributed by atoms with Crippen LogP contribution in [0.15, 0.2) is 18.2 Å². The number of carbonyl (C=O) groups excluding carboxylic acids is 1. The molecule has 0 heterocycles. The molecule has 20 heavy (non-hydrogen) atoms. The van der Waals surface area contributed by atoms with Crippen LogP contribution in [0.3, 0.4) is 0 Å². The van der Waals surface area contributed by atoms with Crippen molar-refractivity contribution in [1.82, 2.24) is 10.6 Å². The molecule has 6 heteroatoms. The lowest BCUT2D eigenvalue weighted by molar-refractivity contribution is -0.123. The SMILES string of the molecule is CNC(C)c1ccc(OCC(=O)NCCOC)cc1F. The molecule has 0 aliphatic heterocycles. The van der Waals surface area contributed by atoms with E-state index in [9.17, 15) is 9.18 Å². The van der Waals surface area contributed by atoms with Crippen LogP contribution in [0.2, 0.25) is 0 Å². The van der Waals surface area contributed by atoms with E-state index in [0.717, 1.165) is 0 Å². The van der Waals surface area contributed by atoms with Gasteiger partial charge in [-0.25, -0.2) is 4.39 Å². The zero-order chi connectivity index (χ0) is 15.0. The van der Waals surface area contributed by atoms with E-state index in [0.29, 0.717) is 24.5 Å². The van der Waals surface area contributed by atoms with E-state index < -0.39 is 0 Å². The van der Waals surface area contributed by atoms with E-state index in [-0.39, 0.29) is 24.4 Å². The Morgan fingerprint density at radius 1 is 1.45 bits per heavy atom. The lowest BCUT2D eigenvalue weighted by Gasteiger charge is -2.13. The van der Waals surface area contributed by atoms with Gasteiger partial charge in [-0.1, -0.05) is 6.07 Å². The smallest absolute Gasteiger partial charge is 0.258 e. The predicted molar refractivity (Wildman–Crippen MR) is 74.3 cm³/mol. The molecule has 1 aromatic rings. The Bertz CT molecular complexity index is 440. The fraction of sp³-hybridized carbons (Fsp3) is 0.500. The van der Waals surface area contributed by atoms with Gasteiger partial charge >= 0.3 is 0 Å². The van der Waals surface area contributed by atoms with Gasteiger partial charge in [0.15, 0.2) is 6.61 Å². The zero-order valence-electron chi connectivity index (χ0n) is 12.0. The van der Waals surface area contributed by atoms with E-state index in [4.69, 9.17) is 9.47 Å². The maximum Gasteiger partial charge on any atom is 0.258 e. The number of methoxy groups -OCH3 is 1. The number of halogens is 1. The van der Waals surface area contributed by atoms with Gasteiger partial charge in [0, 0.05) is 31.3 Å². The van der Waals surface area contributed by atoms with E-state index in [1.807, 2.05) is 6.92 Å². The lowest BCUT2D eigenvalue weighted by atomic mass is 10.1. The average molecular weight is 284 g/mol. The highest BCUT2D eigenvalue weighted by atomic mass is 19.1. The van der Waals surface area contributed by atoms with Gasteiger partial charge in [-0.15, -0.1) is 0 Å². The van der Waals surface area contributed by atoms with E-state index in [1.54, 1.807) is 26.3 Å². The summed E-state index contributed by atoms with van der Waals surface area (Å²) in [5.74, 6) is -0.296. The van der Waals surface area contributed by atoms with E-state index >= 15 is 0 Å². The molecule has 112 valence electrons. The fourth-order valence-electron chi connectivity index (χ4n) is 1.60. The largest absolute Gasteiger partial charge is 0.484 e. The second-order valence-corrected chi connectivity index (χ2v) is 4.33. The number of nitrogens with one attached hydrogen (secondary N) is 2. The Morgan fingerprint density at radius 2 is 2.20 bits per heavy atom. The molecule has 0 fully saturated rings. The molecule has 0 bridgehead atoms. The average Bonchev–Trinajstić information content (AvgIpc) is 2.44. The fourth-order valence-corrected chi connectivity index (χ4v) is 1.60. The number of ether oxygens (including phenoxy) is 2. The molecule has 0 saturated heterocycles. The second-order valence-electron chi connectivity index (χ2n) is 4.33. The Hall–Kier alpha value is -1.66. The lowest BCUT2D eigenvalue weighted by Crippen LogP contribution is -2.31. The predicted octanol–water partition coefficient (Wildman–Crippen LogP) is 1.25. The van der Waals surface area contributed by atoms with Crippen molar-refractivity contribution < 1.29 is 18.7 Å². The molecule has 0 aliphatic carbocycles. The van der Waals surface area contributed by atoms with Gasteiger partial charge in [-0.05, 0) is 20.0 Å². The Balaban J connectivity index is 2.49. The molecule has 1 aromatic carbocycles. The van der Waals surface area contributed by atoms with Gasteiger partial charge in [0.25, 0.3) is 5.91 Å². The van der Waals surface area contributed by atoms with Crippen LogP contribution in [0, 0.1) is 5.82 Å². The molecule has 1 atom stereocenters. The first-order valence-corrected chi connectivity index (χ1v) is 6.43. The third kappa shape index (κ3) is 5.14. The molecular weight excluding hydrogens is 263 g/mol. The molecule has 0 spiro atoms. The van der Waals surface area contributed by atoms with E-state index in [1.165, 1.54) is 6.07 Å². The number of amides is 1. The summed E-state index contributed by atoms with van der Waals surface area (Å²) in [6.07, 6.45) is 0. The van der Waals surface area contributed by atoms with E-state index in [2.05, 4.69) is 10.6 Å². The van der Waals surface area contributed by atoms with Gasteiger partial charge in [0.1, 0.15) is 11.6 Å². The maximum absolute atomic E-state index is 13.8. The first-order chi connectivity index (χ1) is 9.58. The summed E-state index contributed by atoms with van der Waals surface area (Å²) in [5.41, 5.74) is 0.560. The summed E-state index contributed by atoms with van der Waals surface area (Å²) < 4.78 is 23.9. The summed E-state index contributed by atoms with van der Waals surface area (Å²) >= 11 is 0. The third-order valence-corrected chi connectivity index (χ3v) is 2.87. The van der Waals surface area contributed by atoms with Crippen molar-refractivity contribution in [3.8, 4) is 5.75 Å². The molecular formula is C14H21FN2O3. The molecule has 1 rings (SSSR count). The number of rotatable bonds is 8. The van der Waals surface area contributed by atoms with Crippen molar-refractivity contribution in [1.29, 1.82) is 0 Å². The van der Waals surface area contributed by atoms with Crippen LogP contribution in [0.5, 0.6) is 5.75 Å². The summed E-state index contributed by atoms with van der Waals surface area (Å²) in [5, 5.41) is 5.58. The summed E-state index contributed by atoms with van der Waals surface area (Å²) in [6.45, 7) is 2.58.